The highest BCUT2D eigenvalue weighted by atomic mass is 79.9. The third-order valence-electron chi connectivity index (χ3n) is 4.18. The first-order valence-electron chi connectivity index (χ1n) is 9.10. The molecule has 0 unspecified atom stereocenters. The van der Waals surface area contributed by atoms with Gasteiger partial charge >= 0.3 is 0 Å². The lowest BCUT2D eigenvalue weighted by Gasteiger charge is -2.11. The van der Waals surface area contributed by atoms with Crippen LogP contribution >= 0.6 is 15.9 Å². The minimum absolute atomic E-state index is 0.153. The third-order valence-corrected chi connectivity index (χ3v) is 6.47. The van der Waals surface area contributed by atoms with Gasteiger partial charge in [-0.25, -0.2) is 13.1 Å². The van der Waals surface area contributed by atoms with Gasteiger partial charge in [-0.3, -0.25) is 4.79 Å². The first kappa shape index (κ1) is 21.3. The number of benzene rings is 3. The minimum atomic E-state index is -3.53. The Morgan fingerprint density at radius 1 is 1.03 bits per heavy atom. The van der Waals surface area contributed by atoms with Crippen molar-refractivity contribution < 1.29 is 17.9 Å². The zero-order chi connectivity index (χ0) is 20.9. The Labute approximate surface area is 178 Å². The van der Waals surface area contributed by atoms with E-state index in [0.29, 0.717) is 24.4 Å². The van der Waals surface area contributed by atoms with Crippen molar-refractivity contribution in [3.8, 4) is 5.75 Å². The van der Waals surface area contributed by atoms with Crippen LogP contribution in [0.2, 0.25) is 0 Å². The van der Waals surface area contributed by atoms with E-state index in [1.807, 2.05) is 43.3 Å². The second-order valence-electron chi connectivity index (χ2n) is 6.36. The Balaban J connectivity index is 1.61. The lowest BCUT2D eigenvalue weighted by molar-refractivity contribution is -0.118. The van der Waals surface area contributed by atoms with Crippen molar-refractivity contribution in [2.75, 3.05) is 18.5 Å². The fourth-order valence-electron chi connectivity index (χ4n) is 2.70. The van der Waals surface area contributed by atoms with Gasteiger partial charge in [0, 0.05) is 12.2 Å². The molecule has 6 nitrogen and oxygen atoms in total. The van der Waals surface area contributed by atoms with E-state index in [1.165, 1.54) is 12.1 Å². The molecule has 0 aliphatic heterocycles. The number of anilines is 1. The van der Waals surface area contributed by atoms with Crippen LogP contribution in [-0.2, 0) is 14.8 Å². The minimum Gasteiger partial charge on any atom is -0.483 e. The van der Waals surface area contributed by atoms with Crippen LogP contribution in [-0.4, -0.2) is 27.5 Å². The molecule has 3 rings (SSSR count). The maximum Gasteiger partial charge on any atom is 0.262 e. The number of amides is 1. The van der Waals surface area contributed by atoms with Crippen LogP contribution in [0.1, 0.15) is 13.3 Å². The summed E-state index contributed by atoms with van der Waals surface area (Å²) in [5.41, 5.74) is 0.491. The van der Waals surface area contributed by atoms with Crippen molar-refractivity contribution in [2.24, 2.45) is 0 Å². The van der Waals surface area contributed by atoms with Crippen molar-refractivity contribution in [3.63, 3.8) is 0 Å². The standard InChI is InChI=1S/C21H21BrN2O4S/c1-2-13-23-29(26,27)17-10-8-16(9-11-17)24-20(25)14-28-19-12-7-15-5-3-4-6-18(15)21(19)22/h3-12,23H,2,13-14H2,1H3,(H,24,25). The van der Waals surface area contributed by atoms with Crippen LogP contribution < -0.4 is 14.8 Å². The van der Waals surface area contributed by atoms with E-state index in [-0.39, 0.29) is 17.4 Å². The lowest BCUT2D eigenvalue weighted by atomic mass is 10.1. The summed E-state index contributed by atoms with van der Waals surface area (Å²) in [5.74, 6) is 0.229. The van der Waals surface area contributed by atoms with Gasteiger partial charge in [0.15, 0.2) is 6.61 Å². The molecule has 0 aliphatic carbocycles. The maximum absolute atomic E-state index is 12.2. The molecule has 0 atom stereocenters. The summed E-state index contributed by atoms with van der Waals surface area (Å²) in [4.78, 5) is 12.4. The van der Waals surface area contributed by atoms with Crippen LogP contribution in [0.25, 0.3) is 10.8 Å². The molecule has 3 aromatic carbocycles. The summed E-state index contributed by atoms with van der Waals surface area (Å²) >= 11 is 3.52. The fourth-order valence-corrected chi connectivity index (χ4v) is 4.44. The Morgan fingerprint density at radius 3 is 2.48 bits per heavy atom. The first-order chi connectivity index (χ1) is 13.9. The average molecular weight is 477 g/mol. The smallest absolute Gasteiger partial charge is 0.262 e. The van der Waals surface area contributed by atoms with Gasteiger partial charge in [0.05, 0.1) is 9.37 Å². The van der Waals surface area contributed by atoms with E-state index < -0.39 is 10.0 Å². The predicted octanol–water partition coefficient (Wildman–Crippen LogP) is 4.31. The van der Waals surface area contributed by atoms with E-state index in [2.05, 4.69) is 26.0 Å². The Bertz CT molecular complexity index is 1120. The SMILES string of the molecule is CCCNS(=O)(=O)c1ccc(NC(=O)COc2ccc3ccccc3c2Br)cc1. The third kappa shape index (κ3) is 5.35. The molecule has 3 aromatic rings. The number of carbonyl (C=O) groups is 1. The number of hydrogen-bond donors (Lipinski definition) is 2. The van der Waals surface area contributed by atoms with Gasteiger partial charge in [-0.05, 0) is 63.5 Å². The number of nitrogens with one attached hydrogen (secondary N) is 2. The van der Waals surface area contributed by atoms with Crippen LogP contribution in [0.15, 0.2) is 70.0 Å². The molecule has 0 spiro atoms. The maximum atomic E-state index is 12.2. The summed E-state index contributed by atoms with van der Waals surface area (Å²) in [7, 11) is -3.53. The highest BCUT2D eigenvalue weighted by Crippen LogP contribution is 2.33. The number of sulfonamides is 1. The first-order valence-corrected chi connectivity index (χ1v) is 11.4. The van der Waals surface area contributed by atoms with Crippen LogP contribution in [0.5, 0.6) is 5.75 Å². The van der Waals surface area contributed by atoms with Gasteiger partial charge < -0.3 is 10.1 Å². The highest BCUT2D eigenvalue weighted by Gasteiger charge is 2.13. The lowest BCUT2D eigenvalue weighted by Crippen LogP contribution is -2.24. The normalized spacial score (nSPS) is 11.4. The van der Waals surface area contributed by atoms with Gasteiger partial charge in [-0.15, -0.1) is 0 Å². The number of hydrogen-bond acceptors (Lipinski definition) is 4. The molecule has 0 radical (unpaired) electrons. The van der Waals surface area contributed by atoms with Crippen LogP contribution in [0, 0.1) is 0 Å². The van der Waals surface area contributed by atoms with Crippen LogP contribution in [0.3, 0.4) is 0 Å². The van der Waals surface area contributed by atoms with E-state index >= 15 is 0 Å². The summed E-state index contributed by atoms with van der Waals surface area (Å²) < 4.78 is 33.1. The molecule has 29 heavy (non-hydrogen) atoms. The molecule has 0 saturated heterocycles. The predicted molar refractivity (Wildman–Crippen MR) is 118 cm³/mol. The molecule has 0 fully saturated rings. The quantitative estimate of drug-likeness (QED) is 0.507. The van der Waals surface area contributed by atoms with Crippen molar-refractivity contribution in [1.82, 2.24) is 4.72 Å². The van der Waals surface area contributed by atoms with Crippen molar-refractivity contribution >= 4 is 48.3 Å². The number of rotatable bonds is 8. The zero-order valence-corrected chi connectivity index (χ0v) is 18.2. The van der Waals surface area contributed by atoms with Gasteiger partial charge in [0.1, 0.15) is 5.75 Å². The molecular formula is C21H21BrN2O4S. The summed E-state index contributed by atoms with van der Waals surface area (Å²) in [6, 6.07) is 17.6. The molecule has 0 aromatic heterocycles. The topological polar surface area (TPSA) is 84.5 Å². The largest absolute Gasteiger partial charge is 0.483 e. The zero-order valence-electron chi connectivity index (χ0n) is 15.8. The molecule has 0 bridgehead atoms. The Kier molecular flexibility index (Phi) is 6.89. The number of ether oxygens (including phenoxy) is 1. The monoisotopic (exact) mass is 476 g/mol. The van der Waals surface area contributed by atoms with Crippen molar-refractivity contribution in [2.45, 2.75) is 18.2 Å². The van der Waals surface area contributed by atoms with Crippen molar-refractivity contribution in [1.29, 1.82) is 0 Å². The van der Waals surface area contributed by atoms with Crippen molar-refractivity contribution in [3.05, 3.63) is 65.1 Å². The summed E-state index contributed by atoms with van der Waals surface area (Å²) in [5, 5.41) is 4.76. The van der Waals surface area contributed by atoms with Gasteiger partial charge in [-0.1, -0.05) is 37.3 Å². The number of halogens is 1. The summed E-state index contributed by atoms with van der Waals surface area (Å²) in [6.07, 6.45) is 0.709. The van der Waals surface area contributed by atoms with Gasteiger partial charge in [0.2, 0.25) is 10.0 Å². The van der Waals surface area contributed by atoms with E-state index in [1.54, 1.807) is 12.1 Å². The van der Waals surface area contributed by atoms with E-state index in [4.69, 9.17) is 4.74 Å². The number of carbonyl (C=O) groups excluding carboxylic acids is 1. The second-order valence-corrected chi connectivity index (χ2v) is 8.92. The highest BCUT2D eigenvalue weighted by molar-refractivity contribution is 9.10. The van der Waals surface area contributed by atoms with E-state index in [9.17, 15) is 13.2 Å². The molecule has 1 amide bonds. The fraction of sp³-hybridized carbons (Fsp3) is 0.190. The molecule has 0 aliphatic rings. The molecule has 0 saturated carbocycles. The van der Waals surface area contributed by atoms with Gasteiger partial charge in [0.25, 0.3) is 5.91 Å². The second kappa shape index (κ2) is 9.39. The molecular weight excluding hydrogens is 456 g/mol. The summed E-state index contributed by atoms with van der Waals surface area (Å²) in [6.45, 7) is 2.09. The van der Waals surface area contributed by atoms with Crippen LogP contribution in [0.4, 0.5) is 5.69 Å². The molecule has 152 valence electrons. The molecule has 8 heteroatoms. The molecule has 0 heterocycles. The van der Waals surface area contributed by atoms with Gasteiger partial charge in [-0.2, -0.15) is 0 Å². The Morgan fingerprint density at radius 2 is 1.76 bits per heavy atom. The molecule has 2 N–H and O–H groups in total. The average Bonchev–Trinajstić information content (AvgIpc) is 2.72. The van der Waals surface area contributed by atoms with E-state index in [0.717, 1.165) is 15.2 Å². The Hall–Kier alpha value is -2.42. The number of fused-ring (bicyclic) bond motifs is 1.